The van der Waals surface area contributed by atoms with Gasteiger partial charge in [0.15, 0.2) is 11.6 Å². The zero-order chi connectivity index (χ0) is 15.3. The van der Waals surface area contributed by atoms with E-state index in [4.69, 9.17) is 4.74 Å². The molecule has 1 N–H and O–H groups in total. The summed E-state index contributed by atoms with van der Waals surface area (Å²) in [7, 11) is 0. The van der Waals surface area contributed by atoms with Gasteiger partial charge in [0.25, 0.3) is 0 Å². The lowest BCUT2D eigenvalue weighted by molar-refractivity contribution is -0.146. The first kappa shape index (κ1) is 16.5. The Labute approximate surface area is 116 Å². The first-order valence-electron chi connectivity index (χ1n) is 6.41. The number of halogens is 3. The van der Waals surface area contributed by atoms with Crippen LogP contribution in [0.5, 0.6) is 0 Å². The Morgan fingerprint density at radius 1 is 1.20 bits per heavy atom. The van der Waals surface area contributed by atoms with Crippen molar-refractivity contribution in [2.75, 3.05) is 13.2 Å². The topological polar surface area (TPSA) is 38.3 Å². The van der Waals surface area contributed by atoms with Gasteiger partial charge >= 0.3 is 5.97 Å². The molecule has 0 saturated heterocycles. The lowest BCUT2D eigenvalue weighted by atomic mass is 10.0. The van der Waals surface area contributed by atoms with Crippen LogP contribution >= 0.6 is 0 Å². The minimum atomic E-state index is -1.29. The molecule has 0 aliphatic heterocycles. The molecule has 0 fully saturated rings. The predicted octanol–water partition coefficient (Wildman–Crippen LogP) is 2.95. The largest absolute Gasteiger partial charge is 0.465 e. The van der Waals surface area contributed by atoms with E-state index in [1.165, 1.54) is 0 Å². The number of hydrogen-bond acceptors (Lipinski definition) is 3. The van der Waals surface area contributed by atoms with Crippen LogP contribution in [0.25, 0.3) is 0 Å². The lowest BCUT2D eigenvalue weighted by Crippen LogP contribution is -2.33. The maximum Gasteiger partial charge on any atom is 0.327 e. The summed E-state index contributed by atoms with van der Waals surface area (Å²) >= 11 is 0. The molecule has 0 heterocycles. The lowest BCUT2D eigenvalue weighted by Gasteiger charge is -2.19. The number of hydrogen-bond donors (Lipinski definition) is 1. The molecule has 0 amide bonds. The molecule has 112 valence electrons. The molecule has 0 spiro atoms. The predicted molar refractivity (Wildman–Crippen MR) is 68.5 cm³/mol. The van der Waals surface area contributed by atoms with Crippen LogP contribution in [0.1, 0.15) is 32.4 Å². The van der Waals surface area contributed by atoms with E-state index in [-0.39, 0.29) is 18.1 Å². The van der Waals surface area contributed by atoms with E-state index < -0.39 is 29.5 Å². The van der Waals surface area contributed by atoms with Crippen LogP contribution in [-0.4, -0.2) is 19.1 Å². The number of esters is 1. The van der Waals surface area contributed by atoms with Crippen molar-refractivity contribution in [1.82, 2.24) is 5.32 Å². The van der Waals surface area contributed by atoms with Crippen LogP contribution in [0.2, 0.25) is 0 Å². The van der Waals surface area contributed by atoms with Crippen LogP contribution in [0.3, 0.4) is 0 Å². The minimum Gasteiger partial charge on any atom is -0.465 e. The SMILES string of the molecule is CCOC(=O)C(NCC(C)C)c1cc(F)c(F)cc1F. The Bertz CT molecular complexity index is 478. The third-order valence-corrected chi connectivity index (χ3v) is 2.60. The molecule has 1 aromatic carbocycles. The van der Waals surface area contributed by atoms with Crippen molar-refractivity contribution in [3.05, 3.63) is 35.1 Å². The van der Waals surface area contributed by atoms with Gasteiger partial charge in [-0.1, -0.05) is 13.8 Å². The van der Waals surface area contributed by atoms with Crippen molar-refractivity contribution in [2.45, 2.75) is 26.8 Å². The Hall–Kier alpha value is -1.56. The first-order chi connectivity index (χ1) is 9.36. The number of carbonyl (C=O) groups is 1. The molecule has 1 unspecified atom stereocenters. The number of nitrogens with one attached hydrogen (secondary N) is 1. The average Bonchev–Trinajstić information content (AvgIpc) is 2.35. The third-order valence-electron chi connectivity index (χ3n) is 2.60. The molecule has 3 nitrogen and oxygen atoms in total. The van der Waals surface area contributed by atoms with E-state index in [1.54, 1.807) is 6.92 Å². The smallest absolute Gasteiger partial charge is 0.327 e. The maximum atomic E-state index is 13.8. The molecule has 0 aliphatic rings. The van der Waals surface area contributed by atoms with Gasteiger partial charge in [-0.25, -0.2) is 18.0 Å². The standard InChI is InChI=1S/C14H18F3NO2/c1-4-20-14(19)13(18-7-8(2)3)9-5-11(16)12(17)6-10(9)15/h5-6,8,13,18H,4,7H2,1-3H3. The second kappa shape index (κ2) is 7.28. The molecule has 0 bridgehead atoms. The van der Waals surface area contributed by atoms with Crippen molar-refractivity contribution in [3.63, 3.8) is 0 Å². The van der Waals surface area contributed by atoms with Gasteiger partial charge in [-0.2, -0.15) is 0 Å². The first-order valence-corrected chi connectivity index (χ1v) is 6.41. The Balaban J connectivity index is 3.09. The molecular formula is C14H18F3NO2. The van der Waals surface area contributed by atoms with Gasteiger partial charge in [0.1, 0.15) is 11.9 Å². The van der Waals surface area contributed by atoms with Crippen LogP contribution in [0.15, 0.2) is 12.1 Å². The summed E-state index contributed by atoms with van der Waals surface area (Å²) in [6.45, 7) is 5.93. The fourth-order valence-corrected chi connectivity index (χ4v) is 1.66. The summed E-state index contributed by atoms with van der Waals surface area (Å²) in [5, 5.41) is 2.80. The molecule has 0 saturated carbocycles. The minimum absolute atomic E-state index is 0.115. The quantitative estimate of drug-likeness (QED) is 0.646. The van der Waals surface area contributed by atoms with Crippen molar-refractivity contribution >= 4 is 5.97 Å². The molecule has 1 atom stereocenters. The summed E-state index contributed by atoms with van der Waals surface area (Å²) in [6, 6.07) is -0.0551. The molecule has 0 aliphatic carbocycles. The fraction of sp³-hybridized carbons (Fsp3) is 0.500. The highest BCUT2D eigenvalue weighted by Gasteiger charge is 2.26. The van der Waals surface area contributed by atoms with Crippen molar-refractivity contribution in [3.8, 4) is 0 Å². The van der Waals surface area contributed by atoms with E-state index in [2.05, 4.69) is 5.32 Å². The summed E-state index contributed by atoms with van der Waals surface area (Å²) in [5.41, 5.74) is -0.261. The average molecular weight is 289 g/mol. The molecular weight excluding hydrogens is 271 g/mol. The maximum absolute atomic E-state index is 13.8. The van der Waals surface area contributed by atoms with E-state index in [1.807, 2.05) is 13.8 Å². The zero-order valence-electron chi connectivity index (χ0n) is 11.7. The molecule has 0 radical (unpaired) electrons. The van der Waals surface area contributed by atoms with Crippen LogP contribution in [0.4, 0.5) is 13.2 Å². The summed E-state index contributed by atoms with van der Waals surface area (Å²) in [6.07, 6.45) is 0. The molecule has 0 aromatic heterocycles. The second-order valence-electron chi connectivity index (χ2n) is 4.77. The van der Waals surface area contributed by atoms with Crippen molar-refractivity contribution in [1.29, 1.82) is 0 Å². The summed E-state index contributed by atoms with van der Waals surface area (Å²) in [5.74, 6) is -4.02. The van der Waals surface area contributed by atoms with Crippen LogP contribution in [-0.2, 0) is 9.53 Å². The highest BCUT2D eigenvalue weighted by molar-refractivity contribution is 5.77. The Kier molecular flexibility index (Phi) is 6.01. The zero-order valence-corrected chi connectivity index (χ0v) is 11.7. The van der Waals surface area contributed by atoms with Gasteiger partial charge in [-0.15, -0.1) is 0 Å². The fourth-order valence-electron chi connectivity index (χ4n) is 1.66. The molecule has 6 heteroatoms. The summed E-state index contributed by atoms with van der Waals surface area (Å²) in [4.78, 5) is 11.8. The van der Waals surface area contributed by atoms with E-state index in [0.717, 1.165) is 0 Å². The molecule has 1 rings (SSSR count). The Morgan fingerprint density at radius 2 is 1.80 bits per heavy atom. The van der Waals surface area contributed by atoms with Gasteiger partial charge < -0.3 is 10.1 Å². The van der Waals surface area contributed by atoms with Gasteiger partial charge in [0.05, 0.1) is 6.61 Å². The number of ether oxygens (including phenoxy) is 1. The summed E-state index contributed by atoms with van der Waals surface area (Å²) < 4.78 is 44.8. The van der Waals surface area contributed by atoms with Crippen molar-refractivity contribution < 1.29 is 22.7 Å². The number of rotatable bonds is 6. The van der Waals surface area contributed by atoms with Crippen LogP contribution in [0, 0.1) is 23.4 Å². The normalized spacial score (nSPS) is 12.6. The van der Waals surface area contributed by atoms with Gasteiger partial charge in [0.2, 0.25) is 0 Å². The van der Waals surface area contributed by atoms with Crippen molar-refractivity contribution in [2.24, 2.45) is 5.92 Å². The third kappa shape index (κ3) is 4.23. The molecule has 1 aromatic rings. The molecule has 20 heavy (non-hydrogen) atoms. The van der Waals surface area contributed by atoms with E-state index in [9.17, 15) is 18.0 Å². The highest BCUT2D eigenvalue weighted by atomic mass is 19.2. The van der Waals surface area contributed by atoms with E-state index >= 15 is 0 Å². The van der Waals surface area contributed by atoms with Gasteiger partial charge in [-0.05, 0) is 25.5 Å². The van der Waals surface area contributed by atoms with Gasteiger partial charge in [-0.3, -0.25) is 0 Å². The van der Waals surface area contributed by atoms with Gasteiger partial charge in [0, 0.05) is 11.6 Å². The second-order valence-corrected chi connectivity index (χ2v) is 4.77. The number of carbonyl (C=O) groups excluding carboxylic acids is 1. The monoisotopic (exact) mass is 289 g/mol. The number of benzene rings is 1. The highest BCUT2D eigenvalue weighted by Crippen LogP contribution is 2.22. The van der Waals surface area contributed by atoms with Crippen LogP contribution < -0.4 is 5.32 Å². The Morgan fingerprint density at radius 3 is 2.35 bits per heavy atom. The van der Waals surface area contributed by atoms with E-state index in [0.29, 0.717) is 18.7 Å².